The summed E-state index contributed by atoms with van der Waals surface area (Å²) < 4.78 is 0. The number of allylic oxidation sites excluding steroid dienone is 3. The Morgan fingerprint density at radius 1 is 1.30 bits per heavy atom. The van der Waals surface area contributed by atoms with Gasteiger partial charge in [0, 0.05) is 24.7 Å². The van der Waals surface area contributed by atoms with Crippen LogP contribution in [0.4, 0.5) is 5.82 Å². The third-order valence-corrected chi connectivity index (χ3v) is 6.43. The Balaban J connectivity index is 0.00000155. The monoisotopic (exact) mass is 448 g/mol. The van der Waals surface area contributed by atoms with Gasteiger partial charge in [-0.1, -0.05) is 45.5 Å². The maximum atomic E-state index is 9.95. The Hall–Kier alpha value is -1.23. The molecule has 2 heterocycles. The van der Waals surface area contributed by atoms with Crippen molar-refractivity contribution in [2.75, 3.05) is 23.7 Å². The molecular weight excluding hydrogens is 411 g/mol. The van der Waals surface area contributed by atoms with Crippen LogP contribution >= 0.6 is 21.0 Å². The number of piperidine rings is 1. The molecule has 0 radical (unpaired) electrons. The van der Waals surface area contributed by atoms with Gasteiger partial charge in [0.1, 0.15) is 5.82 Å². The largest absolute Gasteiger partial charge is 0.393 e. The number of hydrogen-bond acceptors (Lipinski definition) is 6. The van der Waals surface area contributed by atoms with Gasteiger partial charge in [-0.15, -0.1) is 9.24 Å². The second kappa shape index (κ2) is 12.0. The summed E-state index contributed by atoms with van der Waals surface area (Å²) in [4.78, 5) is 17.1. The zero-order chi connectivity index (χ0) is 22.3. The van der Waals surface area contributed by atoms with E-state index in [1.165, 1.54) is 0 Å². The molecular formula is C23H37N4OPS. The van der Waals surface area contributed by atoms with Gasteiger partial charge in [-0.05, 0) is 50.3 Å². The highest BCUT2D eigenvalue weighted by Gasteiger charge is 2.30. The first-order valence-corrected chi connectivity index (χ1v) is 12.7. The number of hydrogen-bond donors (Lipinski definition) is 1. The SMILES string of the molecule is C/C=C1\C(=NC(C)CC)C=C(P)c2nc(SCC)nc(N3CCC(O)CC3)c21.CC. The number of aliphatic imine (C=N–C) groups is 1. The van der Waals surface area contributed by atoms with Gasteiger partial charge in [-0.3, -0.25) is 4.99 Å². The number of aliphatic hydroxyl groups is 1. The molecule has 0 saturated carbocycles. The zero-order valence-corrected chi connectivity index (χ0v) is 21.2. The fraction of sp³-hybridized carbons (Fsp3) is 0.609. The van der Waals surface area contributed by atoms with E-state index in [0.29, 0.717) is 0 Å². The van der Waals surface area contributed by atoms with E-state index < -0.39 is 0 Å². The summed E-state index contributed by atoms with van der Waals surface area (Å²) in [5.74, 6) is 1.91. The lowest BCUT2D eigenvalue weighted by Gasteiger charge is -2.34. The van der Waals surface area contributed by atoms with Crippen molar-refractivity contribution >= 4 is 43.4 Å². The normalized spacial score (nSPS) is 20.5. The van der Waals surface area contributed by atoms with Crippen molar-refractivity contribution in [3.05, 3.63) is 23.4 Å². The van der Waals surface area contributed by atoms with Gasteiger partial charge in [0.2, 0.25) is 0 Å². The molecule has 1 aromatic rings. The fourth-order valence-corrected chi connectivity index (χ4v) is 4.47. The van der Waals surface area contributed by atoms with Crippen LogP contribution in [0.1, 0.15) is 72.1 Å². The molecule has 1 fully saturated rings. The summed E-state index contributed by atoms with van der Waals surface area (Å²) in [5.41, 5.74) is 4.17. The van der Waals surface area contributed by atoms with Crippen LogP contribution < -0.4 is 4.90 Å². The summed E-state index contributed by atoms with van der Waals surface area (Å²) in [6.07, 6.45) is 6.61. The van der Waals surface area contributed by atoms with E-state index in [1.54, 1.807) is 11.8 Å². The summed E-state index contributed by atoms with van der Waals surface area (Å²) >= 11 is 1.67. The molecule has 2 unspecified atom stereocenters. The predicted molar refractivity (Wildman–Crippen MR) is 136 cm³/mol. The number of nitrogens with zero attached hydrogens (tertiary/aromatic N) is 4. The molecule has 1 N–H and O–H groups in total. The maximum absolute atomic E-state index is 9.95. The Morgan fingerprint density at radius 3 is 2.53 bits per heavy atom. The van der Waals surface area contributed by atoms with Gasteiger partial charge in [-0.25, -0.2) is 9.97 Å². The van der Waals surface area contributed by atoms with Crippen LogP contribution in [0.3, 0.4) is 0 Å². The second-order valence-electron chi connectivity index (χ2n) is 7.28. The number of anilines is 1. The van der Waals surface area contributed by atoms with E-state index in [9.17, 15) is 5.11 Å². The maximum Gasteiger partial charge on any atom is 0.190 e. The van der Waals surface area contributed by atoms with E-state index in [0.717, 1.165) is 76.9 Å². The van der Waals surface area contributed by atoms with Gasteiger partial charge in [-0.2, -0.15) is 0 Å². The first-order valence-electron chi connectivity index (χ1n) is 11.2. The van der Waals surface area contributed by atoms with Crippen molar-refractivity contribution in [1.82, 2.24) is 9.97 Å². The topological polar surface area (TPSA) is 61.6 Å². The van der Waals surface area contributed by atoms with Crippen LogP contribution in [0, 0.1) is 0 Å². The van der Waals surface area contributed by atoms with E-state index in [4.69, 9.17) is 15.0 Å². The van der Waals surface area contributed by atoms with Crippen LogP contribution in [0.25, 0.3) is 10.9 Å². The quantitative estimate of drug-likeness (QED) is 0.369. The van der Waals surface area contributed by atoms with Crippen LogP contribution in [-0.2, 0) is 0 Å². The Labute approximate surface area is 188 Å². The molecule has 0 aromatic carbocycles. The third kappa shape index (κ3) is 5.72. The number of aliphatic hydroxyl groups excluding tert-OH is 1. The van der Waals surface area contributed by atoms with Crippen LogP contribution in [-0.4, -0.2) is 51.8 Å². The lowest BCUT2D eigenvalue weighted by atomic mass is 9.92. The highest BCUT2D eigenvalue weighted by molar-refractivity contribution is 7.99. The number of aromatic nitrogens is 2. The third-order valence-electron chi connectivity index (χ3n) is 5.26. The van der Waals surface area contributed by atoms with Crippen molar-refractivity contribution in [2.24, 2.45) is 4.99 Å². The number of fused-ring (bicyclic) bond motifs is 1. The van der Waals surface area contributed by atoms with E-state index in [-0.39, 0.29) is 12.1 Å². The molecule has 1 aromatic heterocycles. The first-order chi connectivity index (χ1) is 14.5. The van der Waals surface area contributed by atoms with E-state index >= 15 is 0 Å². The second-order valence-corrected chi connectivity index (χ2v) is 9.13. The molecule has 5 nitrogen and oxygen atoms in total. The Morgan fingerprint density at radius 2 is 1.97 bits per heavy atom. The summed E-state index contributed by atoms with van der Waals surface area (Å²) in [6.45, 7) is 14.1. The molecule has 2 atom stereocenters. The van der Waals surface area contributed by atoms with Crippen molar-refractivity contribution < 1.29 is 5.11 Å². The lowest BCUT2D eigenvalue weighted by molar-refractivity contribution is 0.145. The van der Waals surface area contributed by atoms with Crippen LogP contribution in [0.5, 0.6) is 0 Å². The molecule has 166 valence electrons. The van der Waals surface area contributed by atoms with E-state index in [1.807, 2.05) is 13.8 Å². The molecule has 1 aliphatic carbocycles. The van der Waals surface area contributed by atoms with Crippen LogP contribution in [0.15, 0.2) is 22.3 Å². The Kier molecular flexibility index (Phi) is 9.99. The minimum Gasteiger partial charge on any atom is -0.393 e. The lowest BCUT2D eigenvalue weighted by Crippen LogP contribution is -2.37. The van der Waals surface area contributed by atoms with Crippen molar-refractivity contribution in [3.8, 4) is 0 Å². The fourth-order valence-electron chi connectivity index (χ4n) is 3.54. The van der Waals surface area contributed by atoms with Crippen molar-refractivity contribution in [3.63, 3.8) is 0 Å². The summed E-state index contributed by atoms with van der Waals surface area (Å²) in [7, 11) is 2.84. The zero-order valence-electron chi connectivity index (χ0n) is 19.3. The minimum atomic E-state index is -0.209. The average Bonchev–Trinajstić information content (AvgIpc) is 2.76. The Bertz CT molecular complexity index is 814. The molecule has 2 aliphatic rings. The van der Waals surface area contributed by atoms with Gasteiger partial charge in [0.05, 0.1) is 23.1 Å². The van der Waals surface area contributed by atoms with Gasteiger partial charge >= 0.3 is 0 Å². The molecule has 7 heteroatoms. The molecule has 3 rings (SSSR count). The van der Waals surface area contributed by atoms with Gasteiger partial charge < -0.3 is 10.0 Å². The summed E-state index contributed by atoms with van der Waals surface area (Å²) in [5, 5.41) is 11.8. The summed E-state index contributed by atoms with van der Waals surface area (Å²) in [6, 6.07) is 0.268. The van der Waals surface area contributed by atoms with E-state index in [2.05, 4.69) is 54.0 Å². The molecule has 0 spiro atoms. The number of rotatable bonds is 5. The molecule has 0 amide bonds. The molecule has 1 aliphatic heterocycles. The average molecular weight is 449 g/mol. The molecule has 1 saturated heterocycles. The van der Waals surface area contributed by atoms with Crippen molar-refractivity contribution in [2.45, 2.75) is 78.1 Å². The van der Waals surface area contributed by atoms with Crippen molar-refractivity contribution in [1.29, 1.82) is 0 Å². The molecule has 0 bridgehead atoms. The molecule has 30 heavy (non-hydrogen) atoms. The first kappa shape index (κ1) is 25.0. The number of thioether (sulfide) groups is 1. The highest BCUT2D eigenvalue weighted by Crippen LogP contribution is 2.41. The minimum absolute atomic E-state index is 0.209. The van der Waals surface area contributed by atoms with Gasteiger partial charge in [0.25, 0.3) is 0 Å². The predicted octanol–water partition coefficient (Wildman–Crippen LogP) is 5.45. The standard InChI is InChI=1S/C21H31N4OPS.C2H6/c1-5-13(4)22-16-12-17(27)19-18(15(16)6-2)20(24-21(23-19)28-7-3)25-10-8-14(26)9-11-25;1-2/h6,12-14,26H,5,7-11,27H2,1-4H3;1-2H3/b15-6+,22-16?;. The highest BCUT2D eigenvalue weighted by atomic mass is 32.2. The van der Waals surface area contributed by atoms with Gasteiger partial charge in [0.15, 0.2) is 5.16 Å². The smallest absolute Gasteiger partial charge is 0.190 e. The van der Waals surface area contributed by atoms with Crippen LogP contribution in [0.2, 0.25) is 0 Å².